The van der Waals surface area contributed by atoms with Gasteiger partial charge in [0.05, 0.1) is 5.69 Å². The number of para-hydroxylation sites is 1. The fourth-order valence-corrected chi connectivity index (χ4v) is 3.89. The smallest absolute Gasteiger partial charge is 0.263 e. The van der Waals surface area contributed by atoms with Gasteiger partial charge in [-0.3, -0.25) is 4.72 Å². The highest BCUT2D eigenvalue weighted by molar-refractivity contribution is 9.10. The Balaban J connectivity index is 1.93. The first-order valence-electron chi connectivity index (χ1n) is 6.69. The lowest BCUT2D eigenvalue weighted by Gasteiger charge is -2.08. The van der Waals surface area contributed by atoms with Crippen LogP contribution in [0.5, 0.6) is 0 Å². The number of rotatable bonds is 5. The van der Waals surface area contributed by atoms with Crippen molar-refractivity contribution in [1.29, 1.82) is 0 Å². The van der Waals surface area contributed by atoms with E-state index in [4.69, 9.17) is 5.73 Å². The molecule has 0 aliphatic heterocycles. The fraction of sp³-hybridized carbons (Fsp3) is 0.286. The molecule has 1 heterocycles. The maximum absolute atomic E-state index is 12.5. The van der Waals surface area contributed by atoms with Crippen LogP contribution >= 0.6 is 15.9 Å². The molecule has 0 radical (unpaired) electrons. The standard InChI is InChI=1S/C14H16BrN3O2S/c15-13-3-1-2-4-14(13)17-21(19,20)12-7-11(8-16)18(9-12)10-5-6-10/h1-4,7,9-10,17H,5-6,8,16H2. The maximum atomic E-state index is 12.5. The van der Waals surface area contributed by atoms with E-state index in [-0.39, 0.29) is 4.90 Å². The summed E-state index contributed by atoms with van der Waals surface area (Å²) in [4.78, 5) is 0.255. The van der Waals surface area contributed by atoms with Crippen molar-refractivity contribution in [1.82, 2.24) is 4.57 Å². The van der Waals surface area contributed by atoms with Gasteiger partial charge in [0.2, 0.25) is 0 Å². The zero-order valence-electron chi connectivity index (χ0n) is 11.3. The summed E-state index contributed by atoms with van der Waals surface area (Å²) in [7, 11) is -3.61. The van der Waals surface area contributed by atoms with Gasteiger partial charge >= 0.3 is 0 Å². The van der Waals surface area contributed by atoms with Crippen LogP contribution < -0.4 is 10.5 Å². The maximum Gasteiger partial charge on any atom is 0.263 e. The first-order chi connectivity index (χ1) is 10.0. The van der Waals surface area contributed by atoms with E-state index in [9.17, 15) is 8.42 Å². The summed E-state index contributed by atoms with van der Waals surface area (Å²) in [6.45, 7) is 0.334. The van der Waals surface area contributed by atoms with Gasteiger partial charge in [0, 0.05) is 29.0 Å². The molecule has 1 aromatic heterocycles. The topological polar surface area (TPSA) is 77.1 Å². The lowest BCUT2D eigenvalue weighted by Crippen LogP contribution is -2.12. The number of benzene rings is 1. The van der Waals surface area contributed by atoms with Crippen molar-refractivity contribution in [2.75, 3.05) is 4.72 Å². The predicted molar refractivity (Wildman–Crippen MR) is 85.5 cm³/mol. The zero-order valence-corrected chi connectivity index (χ0v) is 13.7. The molecule has 0 amide bonds. The van der Waals surface area contributed by atoms with Gasteiger partial charge in [-0.15, -0.1) is 0 Å². The van der Waals surface area contributed by atoms with E-state index in [1.807, 2.05) is 10.6 Å². The molecule has 1 aliphatic rings. The molecule has 0 unspecified atom stereocenters. The van der Waals surface area contributed by atoms with Crippen molar-refractivity contribution in [3.8, 4) is 0 Å². The van der Waals surface area contributed by atoms with E-state index < -0.39 is 10.0 Å². The van der Waals surface area contributed by atoms with Crippen molar-refractivity contribution in [3.63, 3.8) is 0 Å². The van der Waals surface area contributed by atoms with Crippen LogP contribution in [0.3, 0.4) is 0 Å². The highest BCUT2D eigenvalue weighted by atomic mass is 79.9. The van der Waals surface area contributed by atoms with E-state index in [0.29, 0.717) is 22.7 Å². The number of anilines is 1. The summed E-state index contributed by atoms with van der Waals surface area (Å²) in [5, 5.41) is 0. The lowest BCUT2D eigenvalue weighted by molar-refractivity contribution is 0.600. The molecule has 0 atom stereocenters. The Kier molecular flexibility index (Phi) is 3.81. The number of sulfonamides is 1. The quantitative estimate of drug-likeness (QED) is 0.850. The minimum absolute atomic E-state index is 0.255. The Morgan fingerprint density at radius 3 is 2.67 bits per heavy atom. The van der Waals surface area contributed by atoms with Crippen LogP contribution in [0.15, 0.2) is 45.9 Å². The third-order valence-corrected chi connectivity index (χ3v) is 5.51. The Morgan fingerprint density at radius 1 is 1.33 bits per heavy atom. The molecular weight excluding hydrogens is 354 g/mol. The van der Waals surface area contributed by atoms with E-state index in [1.54, 1.807) is 30.5 Å². The molecule has 112 valence electrons. The second-order valence-electron chi connectivity index (χ2n) is 5.10. The average molecular weight is 370 g/mol. The molecule has 3 rings (SSSR count). The van der Waals surface area contributed by atoms with Gasteiger partial charge in [-0.2, -0.15) is 0 Å². The highest BCUT2D eigenvalue weighted by Gasteiger charge is 2.28. The third-order valence-electron chi connectivity index (χ3n) is 3.48. The van der Waals surface area contributed by atoms with Crippen LogP contribution in [-0.2, 0) is 16.6 Å². The van der Waals surface area contributed by atoms with Gasteiger partial charge < -0.3 is 10.3 Å². The monoisotopic (exact) mass is 369 g/mol. The minimum atomic E-state index is -3.61. The van der Waals surface area contributed by atoms with Crippen LogP contribution in [0.4, 0.5) is 5.69 Å². The summed E-state index contributed by atoms with van der Waals surface area (Å²) in [6, 6.07) is 9.16. The van der Waals surface area contributed by atoms with E-state index >= 15 is 0 Å². The van der Waals surface area contributed by atoms with Gasteiger partial charge in [-0.05, 0) is 47.0 Å². The Labute approximate surface area is 132 Å². The summed E-state index contributed by atoms with van der Waals surface area (Å²) < 4.78 is 30.3. The molecule has 1 aliphatic carbocycles. The molecule has 7 heteroatoms. The molecule has 5 nitrogen and oxygen atoms in total. The van der Waals surface area contributed by atoms with E-state index in [0.717, 1.165) is 18.5 Å². The summed E-state index contributed by atoms with van der Waals surface area (Å²) >= 11 is 3.34. The van der Waals surface area contributed by atoms with E-state index in [2.05, 4.69) is 20.7 Å². The fourth-order valence-electron chi connectivity index (χ4n) is 2.25. The van der Waals surface area contributed by atoms with Gasteiger partial charge in [-0.25, -0.2) is 8.42 Å². The molecule has 0 bridgehead atoms. The Hall–Kier alpha value is -1.31. The van der Waals surface area contributed by atoms with Crippen LogP contribution in [0, 0.1) is 0 Å². The lowest BCUT2D eigenvalue weighted by atomic mass is 10.3. The summed E-state index contributed by atoms with van der Waals surface area (Å²) in [5.74, 6) is 0. The molecule has 0 saturated heterocycles. The molecule has 0 spiro atoms. The second kappa shape index (κ2) is 5.47. The molecule has 1 aromatic carbocycles. The van der Waals surface area contributed by atoms with Crippen molar-refractivity contribution in [3.05, 3.63) is 46.7 Å². The van der Waals surface area contributed by atoms with Crippen LogP contribution in [0.2, 0.25) is 0 Å². The minimum Gasteiger partial charge on any atom is -0.346 e. The number of aromatic nitrogens is 1. The zero-order chi connectivity index (χ0) is 15.0. The van der Waals surface area contributed by atoms with Gasteiger partial charge in [0.1, 0.15) is 4.90 Å². The predicted octanol–water partition coefficient (Wildman–Crippen LogP) is 2.85. The van der Waals surface area contributed by atoms with Gasteiger partial charge in [-0.1, -0.05) is 12.1 Å². The van der Waals surface area contributed by atoms with Crippen molar-refractivity contribution < 1.29 is 8.42 Å². The number of nitrogens with two attached hydrogens (primary N) is 1. The van der Waals surface area contributed by atoms with Crippen molar-refractivity contribution >= 4 is 31.6 Å². The average Bonchev–Trinajstić information content (AvgIpc) is 3.19. The Bertz CT molecular complexity index is 766. The second-order valence-corrected chi connectivity index (χ2v) is 7.63. The van der Waals surface area contributed by atoms with Crippen LogP contribution in [0.25, 0.3) is 0 Å². The first kappa shape index (κ1) is 14.6. The molecule has 1 fully saturated rings. The van der Waals surface area contributed by atoms with E-state index in [1.165, 1.54) is 0 Å². The number of nitrogens with one attached hydrogen (secondary N) is 1. The molecule has 2 aromatic rings. The number of halogens is 1. The third kappa shape index (κ3) is 3.00. The number of nitrogens with zero attached hydrogens (tertiary/aromatic N) is 1. The van der Waals surface area contributed by atoms with Crippen LogP contribution in [-0.4, -0.2) is 13.0 Å². The molecular formula is C14H16BrN3O2S. The molecule has 21 heavy (non-hydrogen) atoms. The SMILES string of the molecule is NCc1cc(S(=O)(=O)Nc2ccccc2Br)cn1C1CC1. The summed E-state index contributed by atoms with van der Waals surface area (Å²) in [6.07, 6.45) is 3.84. The van der Waals surface area contributed by atoms with Gasteiger partial charge in [0.15, 0.2) is 0 Å². The highest BCUT2D eigenvalue weighted by Crippen LogP contribution is 2.37. The number of hydrogen-bond donors (Lipinski definition) is 2. The van der Waals surface area contributed by atoms with Crippen LogP contribution in [0.1, 0.15) is 24.6 Å². The Morgan fingerprint density at radius 2 is 2.05 bits per heavy atom. The molecule has 1 saturated carbocycles. The van der Waals surface area contributed by atoms with Crippen molar-refractivity contribution in [2.24, 2.45) is 5.73 Å². The molecule has 3 N–H and O–H groups in total. The number of hydrogen-bond acceptors (Lipinski definition) is 3. The normalized spacial score (nSPS) is 15.1. The first-order valence-corrected chi connectivity index (χ1v) is 8.97. The van der Waals surface area contributed by atoms with Gasteiger partial charge in [0.25, 0.3) is 10.0 Å². The van der Waals surface area contributed by atoms with Crippen molar-refractivity contribution in [2.45, 2.75) is 30.3 Å². The largest absolute Gasteiger partial charge is 0.346 e. The summed E-state index contributed by atoms with van der Waals surface area (Å²) in [5.41, 5.74) is 7.08.